The molecular weight excluding hydrogens is 248 g/mol. The molecule has 0 unspecified atom stereocenters. The van der Waals surface area contributed by atoms with Crippen molar-refractivity contribution in [1.82, 2.24) is 10.5 Å². The fourth-order valence-corrected chi connectivity index (χ4v) is 3.31. The van der Waals surface area contributed by atoms with Gasteiger partial charge in [-0.2, -0.15) is 0 Å². The summed E-state index contributed by atoms with van der Waals surface area (Å²) in [4.78, 5) is 21.2. The van der Waals surface area contributed by atoms with Crippen molar-refractivity contribution in [3.8, 4) is 0 Å². The van der Waals surface area contributed by atoms with E-state index in [-0.39, 0.29) is 5.91 Å². The number of pyridine rings is 1. The molecule has 1 saturated carbocycles. The molecule has 1 aliphatic carbocycles. The normalized spacial score (nSPS) is 15.8. The molecule has 0 saturated heterocycles. The van der Waals surface area contributed by atoms with Gasteiger partial charge in [-0.05, 0) is 31.9 Å². The molecule has 1 aromatic rings. The first-order valence-corrected chi connectivity index (χ1v) is 7.23. The van der Waals surface area contributed by atoms with E-state index in [0.29, 0.717) is 17.4 Å². The predicted molar refractivity (Wildman–Crippen MR) is 71.4 cm³/mol. The smallest absolute Gasteiger partial charge is 0.274 e. The van der Waals surface area contributed by atoms with Gasteiger partial charge in [0.15, 0.2) is 0 Å². The van der Waals surface area contributed by atoms with E-state index >= 15 is 0 Å². The van der Waals surface area contributed by atoms with E-state index in [4.69, 9.17) is 4.84 Å². The molecule has 5 heteroatoms. The maximum atomic E-state index is 11.9. The highest BCUT2D eigenvalue weighted by molar-refractivity contribution is 7.99. The van der Waals surface area contributed by atoms with Crippen LogP contribution in [0.3, 0.4) is 0 Å². The minimum Gasteiger partial charge on any atom is -0.274 e. The maximum absolute atomic E-state index is 11.9. The van der Waals surface area contributed by atoms with Crippen LogP contribution in [0.1, 0.15) is 43.0 Å². The number of nitrogens with one attached hydrogen (secondary N) is 1. The first-order valence-electron chi connectivity index (χ1n) is 6.35. The number of thioether (sulfide) groups is 1. The molecule has 0 aliphatic heterocycles. The van der Waals surface area contributed by atoms with Crippen LogP contribution in [0.15, 0.2) is 23.4 Å². The fourth-order valence-electron chi connectivity index (χ4n) is 2.01. The summed E-state index contributed by atoms with van der Waals surface area (Å²) in [7, 11) is 0. The van der Waals surface area contributed by atoms with Crippen molar-refractivity contribution in [3.63, 3.8) is 0 Å². The standard InChI is InChI=1S/C13H18N2O2S/c1-2-17-15-12(16)11-8-5-9-14-13(11)18-10-6-3-4-7-10/h5,8-10H,2-4,6-7H2,1H3,(H,15,16). The number of carbonyl (C=O) groups excluding carboxylic acids is 1. The topological polar surface area (TPSA) is 51.2 Å². The largest absolute Gasteiger partial charge is 0.277 e. The summed E-state index contributed by atoms with van der Waals surface area (Å²) in [5, 5.41) is 1.40. The Morgan fingerprint density at radius 1 is 1.56 bits per heavy atom. The summed E-state index contributed by atoms with van der Waals surface area (Å²) in [6.07, 6.45) is 6.73. The minimum absolute atomic E-state index is 0.217. The van der Waals surface area contributed by atoms with Crippen LogP contribution in [-0.4, -0.2) is 22.7 Å². The van der Waals surface area contributed by atoms with Gasteiger partial charge in [0.25, 0.3) is 5.91 Å². The van der Waals surface area contributed by atoms with E-state index < -0.39 is 0 Å². The average Bonchev–Trinajstić information content (AvgIpc) is 2.89. The Balaban J connectivity index is 2.06. The van der Waals surface area contributed by atoms with Crippen LogP contribution in [0, 0.1) is 0 Å². The van der Waals surface area contributed by atoms with Crippen molar-refractivity contribution in [2.24, 2.45) is 0 Å². The predicted octanol–water partition coefficient (Wildman–Crippen LogP) is 2.80. The fraction of sp³-hybridized carbons (Fsp3) is 0.538. The van der Waals surface area contributed by atoms with Gasteiger partial charge in [-0.1, -0.05) is 12.8 Å². The van der Waals surface area contributed by atoms with Crippen LogP contribution in [0.5, 0.6) is 0 Å². The highest BCUT2D eigenvalue weighted by Crippen LogP contribution is 2.34. The first-order chi connectivity index (χ1) is 8.81. The van der Waals surface area contributed by atoms with Gasteiger partial charge in [0.05, 0.1) is 12.2 Å². The summed E-state index contributed by atoms with van der Waals surface area (Å²) in [5.41, 5.74) is 3.02. The third-order valence-electron chi connectivity index (χ3n) is 2.91. The maximum Gasteiger partial charge on any atom is 0.277 e. The Bertz CT molecular complexity index is 406. The van der Waals surface area contributed by atoms with Crippen molar-refractivity contribution in [2.45, 2.75) is 42.9 Å². The number of hydrogen-bond donors (Lipinski definition) is 1. The van der Waals surface area contributed by atoms with Gasteiger partial charge in [0.1, 0.15) is 5.03 Å². The lowest BCUT2D eigenvalue weighted by Crippen LogP contribution is -2.24. The molecule has 1 aromatic heterocycles. The Kier molecular flexibility index (Phi) is 5.01. The molecule has 0 atom stereocenters. The minimum atomic E-state index is -0.217. The highest BCUT2D eigenvalue weighted by Gasteiger charge is 2.20. The highest BCUT2D eigenvalue weighted by atomic mass is 32.2. The van der Waals surface area contributed by atoms with E-state index in [9.17, 15) is 4.79 Å². The first kappa shape index (κ1) is 13.4. The molecular formula is C13H18N2O2S. The molecule has 2 rings (SSSR count). The second-order valence-corrected chi connectivity index (χ2v) is 5.53. The number of amides is 1. The molecule has 0 radical (unpaired) electrons. The van der Waals surface area contributed by atoms with E-state index in [0.717, 1.165) is 5.03 Å². The average molecular weight is 266 g/mol. The number of hydrogen-bond acceptors (Lipinski definition) is 4. The molecule has 1 amide bonds. The van der Waals surface area contributed by atoms with Crippen molar-refractivity contribution in [2.75, 3.05) is 6.61 Å². The Morgan fingerprint density at radius 3 is 3.06 bits per heavy atom. The summed E-state index contributed by atoms with van der Waals surface area (Å²) >= 11 is 1.71. The van der Waals surface area contributed by atoms with Gasteiger partial charge in [-0.25, -0.2) is 10.5 Å². The van der Waals surface area contributed by atoms with E-state index in [2.05, 4.69) is 10.5 Å². The van der Waals surface area contributed by atoms with Gasteiger partial charge < -0.3 is 0 Å². The number of hydroxylamine groups is 1. The lowest BCUT2D eigenvalue weighted by atomic mass is 10.3. The van der Waals surface area contributed by atoms with Crippen LogP contribution in [0.4, 0.5) is 0 Å². The van der Waals surface area contributed by atoms with Crippen LogP contribution in [-0.2, 0) is 4.84 Å². The number of nitrogens with zero attached hydrogens (tertiary/aromatic N) is 1. The number of aromatic nitrogens is 1. The summed E-state index contributed by atoms with van der Waals surface area (Å²) < 4.78 is 0. The van der Waals surface area contributed by atoms with Crippen LogP contribution < -0.4 is 5.48 Å². The quantitative estimate of drug-likeness (QED) is 0.833. The third kappa shape index (κ3) is 3.46. The van der Waals surface area contributed by atoms with E-state index in [1.54, 1.807) is 30.1 Å². The van der Waals surface area contributed by atoms with E-state index in [1.807, 2.05) is 6.92 Å². The van der Waals surface area contributed by atoms with Gasteiger partial charge in [0.2, 0.25) is 0 Å². The second kappa shape index (κ2) is 6.75. The van der Waals surface area contributed by atoms with Crippen LogP contribution in [0.25, 0.3) is 0 Å². The molecule has 1 N–H and O–H groups in total. The van der Waals surface area contributed by atoms with Crippen molar-refractivity contribution >= 4 is 17.7 Å². The van der Waals surface area contributed by atoms with Gasteiger partial charge in [0, 0.05) is 11.4 Å². The summed E-state index contributed by atoms with van der Waals surface area (Å²) in [6.45, 7) is 2.29. The van der Waals surface area contributed by atoms with E-state index in [1.165, 1.54) is 25.7 Å². The van der Waals surface area contributed by atoms with Gasteiger partial charge in [-0.15, -0.1) is 11.8 Å². The Hall–Kier alpha value is -1.07. The zero-order valence-electron chi connectivity index (χ0n) is 10.5. The molecule has 4 nitrogen and oxygen atoms in total. The lowest BCUT2D eigenvalue weighted by Gasteiger charge is -2.11. The second-order valence-electron chi connectivity index (χ2n) is 4.24. The van der Waals surface area contributed by atoms with Crippen molar-refractivity contribution in [3.05, 3.63) is 23.9 Å². The van der Waals surface area contributed by atoms with Crippen molar-refractivity contribution < 1.29 is 9.63 Å². The summed E-state index contributed by atoms with van der Waals surface area (Å²) in [5.74, 6) is -0.217. The van der Waals surface area contributed by atoms with Gasteiger partial charge >= 0.3 is 0 Å². The zero-order chi connectivity index (χ0) is 12.8. The molecule has 0 spiro atoms. The molecule has 18 heavy (non-hydrogen) atoms. The lowest BCUT2D eigenvalue weighted by molar-refractivity contribution is 0.0361. The SMILES string of the molecule is CCONC(=O)c1cccnc1SC1CCCC1. The monoisotopic (exact) mass is 266 g/mol. The number of rotatable bonds is 5. The molecule has 98 valence electrons. The molecule has 0 aromatic carbocycles. The van der Waals surface area contributed by atoms with Crippen molar-refractivity contribution in [1.29, 1.82) is 0 Å². The molecule has 1 fully saturated rings. The molecule has 1 aliphatic rings. The molecule has 1 heterocycles. The van der Waals surface area contributed by atoms with Crippen LogP contribution in [0.2, 0.25) is 0 Å². The van der Waals surface area contributed by atoms with Crippen LogP contribution >= 0.6 is 11.8 Å². The Labute approximate surface area is 111 Å². The Morgan fingerprint density at radius 2 is 2.33 bits per heavy atom. The summed E-state index contributed by atoms with van der Waals surface area (Å²) in [6, 6.07) is 3.57. The third-order valence-corrected chi connectivity index (χ3v) is 4.26. The number of carbonyl (C=O) groups is 1. The molecule has 0 bridgehead atoms. The zero-order valence-corrected chi connectivity index (χ0v) is 11.3. The van der Waals surface area contributed by atoms with Gasteiger partial charge in [-0.3, -0.25) is 9.63 Å².